The average Bonchev–Trinajstić information content (AvgIpc) is 2.79. The Labute approximate surface area is 165 Å². The van der Waals surface area contributed by atoms with Gasteiger partial charge in [-0.15, -0.1) is 0 Å². The molecule has 2 heterocycles. The summed E-state index contributed by atoms with van der Waals surface area (Å²) >= 11 is 0. The van der Waals surface area contributed by atoms with E-state index < -0.39 is 5.97 Å². The molecular weight excluding hydrogens is 352 g/mol. The summed E-state index contributed by atoms with van der Waals surface area (Å²) in [6.45, 7) is 4.67. The van der Waals surface area contributed by atoms with E-state index in [9.17, 15) is 14.7 Å². The second kappa shape index (κ2) is 7.12. The number of rotatable bonds is 2. The maximum atomic E-state index is 13.3. The van der Waals surface area contributed by atoms with Crippen LogP contribution in [0.2, 0.25) is 0 Å². The van der Waals surface area contributed by atoms with Gasteiger partial charge in [0.15, 0.2) is 0 Å². The molecule has 0 saturated heterocycles. The first-order chi connectivity index (χ1) is 13.4. The summed E-state index contributed by atoms with van der Waals surface area (Å²) in [4.78, 5) is 30.4. The number of hydrogen-bond donors (Lipinski definition) is 2. The average molecular weight is 380 g/mol. The molecule has 148 valence electrons. The quantitative estimate of drug-likeness (QED) is 0.743. The van der Waals surface area contributed by atoms with Crippen LogP contribution < -0.4 is 0 Å². The zero-order valence-corrected chi connectivity index (χ0v) is 16.6. The predicted molar refractivity (Wildman–Crippen MR) is 110 cm³/mol. The van der Waals surface area contributed by atoms with Gasteiger partial charge < -0.3 is 15.0 Å². The summed E-state index contributed by atoms with van der Waals surface area (Å²) in [6.07, 6.45) is 7.89. The highest BCUT2D eigenvalue weighted by atomic mass is 16.4. The van der Waals surface area contributed by atoms with Crippen molar-refractivity contribution in [1.82, 2.24) is 9.88 Å². The summed E-state index contributed by atoms with van der Waals surface area (Å²) < 4.78 is 0. The van der Waals surface area contributed by atoms with Gasteiger partial charge in [0.05, 0.1) is 11.3 Å². The van der Waals surface area contributed by atoms with Crippen molar-refractivity contribution in [3.05, 3.63) is 41.7 Å². The zero-order chi connectivity index (χ0) is 19.9. The lowest BCUT2D eigenvalue weighted by Crippen LogP contribution is -2.39. The zero-order valence-electron chi connectivity index (χ0n) is 16.6. The summed E-state index contributed by atoms with van der Waals surface area (Å²) in [7, 11) is 0. The molecule has 0 spiro atoms. The third-order valence-electron chi connectivity index (χ3n) is 6.22. The number of H-pyrrole nitrogens is 1. The van der Waals surface area contributed by atoms with Crippen molar-refractivity contribution in [1.29, 1.82) is 0 Å². The van der Waals surface area contributed by atoms with Crippen molar-refractivity contribution in [2.45, 2.75) is 57.8 Å². The Bertz CT molecular complexity index is 946. The van der Waals surface area contributed by atoms with Gasteiger partial charge in [-0.25, -0.2) is 4.79 Å². The second-order valence-electron chi connectivity index (χ2n) is 8.81. The van der Waals surface area contributed by atoms with Gasteiger partial charge in [-0.3, -0.25) is 4.79 Å². The van der Waals surface area contributed by atoms with Gasteiger partial charge in [0, 0.05) is 35.0 Å². The molecule has 28 heavy (non-hydrogen) atoms. The van der Waals surface area contributed by atoms with E-state index >= 15 is 0 Å². The lowest BCUT2D eigenvalue weighted by atomic mass is 9.81. The third kappa shape index (κ3) is 3.23. The molecule has 1 saturated carbocycles. The summed E-state index contributed by atoms with van der Waals surface area (Å²) in [5, 5.41) is 11.0. The topological polar surface area (TPSA) is 73.4 Å². The van der Waals surface area contributed by atoms with Crippen molar-refractivity contribution < 1.29 is 14.7 Å². The first-order valence-electron chi connectivity index (χ1n) is 10.3. The molecule has 4 rings (SSSR count). The molecule has 2 N–H and O–H groups in total. The van der Waals surface area contributed by atoms with Crippen LogP contribution in [0.5, 0.6) is 0 Å². The minimum Gasteiger partial charge on any atom is -0.478 e. The molecule has 2 aliphatic rings. The van der Waals surface area contributed by atoms with Crippen LogP contribution in [0.25, 0.3) is 16.5 Å². The first kappa shape index (κ1) is 18.8. The monoisotopic (exact) mass is 380 g/mol. The Morgan fingerprint density at radius 3 is 2.46 bits per heavy atom. The van der Waals surface area contributed by atoms with Crippen LogP contribution in [0.15, 0.2) is 30.5 Å². The molecule has 0 atom stereocenters. The molecule has 2 aromatic rings. The maximum absolute atomic E-state index is 13.3. The fourth-order valence-corrected chi connectivity index (χ4v) is 4.88. The van der Waals surface area contributed by atoms with Crippen LogP contribution in [0.1, 0.15) is 63.6 Å². The van der Waals surface area contributed by atoms with Crippen LogP contribution in [0, 0.1) is 5.92 Å². The summed E-state index contributed by atoms with van der Waals surface area (Å²) in [5.41, 5.74) is 2.32. The van der Waals surface area contributed by atoms with Gasteiger partial charge in [0.2, 0.25) is 5.91 Å². The van der Waals surface area contributed by atoms with Crippen LogP contribution >= 0.6 is 0 Å². The molecule has 1 fully saturated rings. The van der Waals surface area contributed by atoms with Gasteiger partial charge in [0.25, 0.3) is 0 Å². The van der Waals surface area contributed by atoms with Gasteiger partial charge in [-0.1, -0.05) is 57.7 Å². The van der Waals surface area contributed by atoms with Crippen molar-refractivity contribution in [3.63, 3.8) is 0 Å². The molecule has 5 nitrogen and oxygen atoms in total. The number of aromatic amines is 1. The number of aromatic nitrogens is 1. The van der Waals surface area contributed by atoms with Crippen molar-refractivity contribution in [3.8, 4) is 0 Å². The Kier molecular flexibility index (Phi) is 4.77. The number of hydrogen-bond acceptors (Lipinski definition) is 2. The standard InChI is InChI=1S/C23H28N2O3/c1-23(2)14-25(21(26)15-9-5-3-4-6-10-15)13-17(22(27)28)20-19(23)16-11-7-8-12-18(16)24-20/h7-8,11-13,15,24H,3-6,9-10,14H2,1-2H3,(H,27,28). The number of nitrogens with one attached hydrogen (secondary N) is 1. The molecule has 1 aromatic carbocycles. The van der Waals surface area contributed by atoms with E-state index in [1.807, 2.05) is 24.3 Å². The number of benzene rings is 1. The highest BCUT2D eigenvalue weighted by Gasteiger charge is 2.38. The Balaban J connectivity index is 1.81. The Morgan fingerprint density at radius 2 is 1.79 bits per heavy atom. The Morgan fingerprint density at radius 1 is 1.11 bits per heavy atom. The van der Waals surface area contributed by atoms with E-state index in [1.165, 1.54) is 12.8 Å². The molecule has 5 heteroatoms. The van der Waals surface area contributed by atoms with E-state index in [4.69, 9.17) is 0 Å². The van der Waals surface area contributed by atoms with Gasteiger partial charge >= 0.3 is 5.97 Å². The minimum absolute atomic E-state index is 0.00205. The lowest BCUT2D eigenvalue weighted by Gasteiger charge is -2.31. The van der Waals surface area contributed by atoms with Crippen LogP contribution in [-0.4, -0.2) is 33.4 Å². The second-order valence-corrected chi connectivity index (χ2v) is 8.81. The number of fused-ring (bicyclic) bond motifs is 3. The van der Waals surface area contributed by atoms with Crippen molar-refractivity contribution >= 4 is 28.4 Å². The van der Waals surface area contributed by atoms with Crippen molar-refractivity contribution in [2.24, 2.45) is 5.92 Å². The van der Waals surface area contributed by atoms with E-state index in [1.54, 1.807) is 11.1 Å². The number of carboxylic acid groups (broad SMARTS) is 1. The van der Waals surface area contributed by atoms with Gasteiger partial charge in [-0.2, -0.15) is 0 Å². The minimum atomic E-state index is -1.01. The van der Waals surface area contributed by atoms with Crippen LogP contribution in [0.4, 0.5) is 0 Å². The fraction of sp³-hybridized carbons (Fsp3) is 0.478. The SMILES string of the molecule is CC1(C)CN(C(=O)C2CCCCCC2)C=C(C(=O)O)c2[nH]c3ccccc3c21. The van der Waals surface area contributed by atoms with Crippen LogP contribution in [-0.2, 0) is 15.0 Å². The number of carboxylic acids is 1. The lowest BCUT2D eigenvalue weighted by molar-refractivity contribution is -0.133. The number of carbonyl (C=O) groups is 2. The Hall–Kier alpha value is -2.56. The molecule has 1 amide bonds. The smallest absolute Gasteiger partial charge is 0.339 e. The van der Waals surface area contributed by atoms with Gasteiger partial charge in [0.1, 0.15) is 0 Å². The summed E-state index contributed by atoms with van der Waals surface area (Å²) in [6, 6.07) is 7.90. The molecule has 0 radical (unpaired) electrons. The highest BCUT2D eigenvalue weighted by Crippen LogP contribution is 2.40. The normalized spacial score (nSPS) is 20.2. The van der Waals surface area contributed by atoms with Gasteiger partial charge in [-0.05, 0) is 24.5 Å². The predicted octanol–water partition coefficient (Wildman–Crippen LogP) is 4.68. The number of carbonyl (C=O) groups excluding carboxylic acids is 1. The van der Waals surface area contributed by atoms with E-state index in [0.717, 1.165) is 42.1 Å². The maximum Gasteiger partial charge on any atom is 0.339 e. The largest absolute Gasteiger partial charge is 0.478 e. The molecule has 1 aliphatic carbocycles. The molecule has 0 unspecified atom stereocenters. The van der Waals surface area contributed by atoms with E-state index in [-0.39, 0.29) is 22.8 Å². The molecule has 1 aromatic heterocycles. The fourth-order valence-electron chi connectivity index (χ4n) is 4.88. The molecular formula is C23H28N2O3. The van der Waals surface area contributed by atoms with E-state index in [2.05, 4.69) is 18.8 Å². The highest BCUT2D eigenvalue weighted by molar-refractivity contribution is 6.17. The van der Waals surface area contributed by atoms with Crippen molar-refractivity contribution in [2.75, 3.05) is 6.54 Å². The molecule has 1 aliphatic heterocycles. The molecule has 0 bridgehead atoms. The first-order valence-corrected chi connectivity index (χ1v) is 10.3. The van der Waals surface area contributed by atoms with E-state index in [0.29, 0.717) is 12.2 Å². The number of nitrogens with zero attached hydrogens (tertiary/aromatic N) is 1. The number of aliphatic carboxylic acids is 1. The van der Waals surface area contributed by atoms with Crippen LogP contribution in [0.3, 0.4) is 0 Å². The third-order valence-corrected chi connectivity index (χ3v) is 6.22. The summed E-state index contributed by atoms with van der Waals surface area (Å²) in [5.74, 6) is -0.940. The number of amides is 1. The number of para-hydroxylation sites is 1.